The van der Waals surface area contributed by atoms with Crippen LogP contribution in [0.25, 0.3) is 0 Å². The molecule has 0 bridgehead atoms. The van der Waals surface area contributed by atoms with Gasteiger partial charge >= 0.3 is 12.0 Å². The van der Waals surface area contributed by atoms with Crippen LogP contribution in [0.15, 0.2) is 18.2 Å². The molecule has 1 unspecified atom stereocenters. The number of aliphatic carboxylic acids is 1. The third kappa shape index (κ3) is 3.86. The molecule has 1 fully saturated rings. The fourth-order valence-corrected chi connectivity index (χ4v) is 2.53. The first-order valence-electron chi connectivity index (χ1n) is 6.61. The number of nitrogens with zero attached hydrogens (tertiary/aromatic N) is 1. The highest BCUT2D eigenvalue weighted by Crippen LogP contribution is 2.26. The van der Waals surface area contributed by atoms with Crippen LogP contribution in [0.4, 0.5) is 10.5 Å². The zero-order chi connectivity index (χ0) is 15.4. The first kappa shape index (κ1) is 15.6. The maximum absolute atomic E-state index is 12.4. The second-order valence-electron chi connectivity index (χ2n) is 4.88. The standard InChI is InChI=1S/C14H17ClN2O4/c1-9-3-2-4-11(15)13(9)16-14(20)17-5-6-21-8-10(17)7-12(18)19/h2-4,10H,5-8H2,1H3,(H,16,20)(H,18,19). The van der Waals surface area contributed by atoms with E-state index in [1.165, 1.54) is 4.90 Å². The Morgan fingerprint density at radius 1 is 1.52 bits per heavy atom. The lowest BCUT2D eigenvalue weighted by atomic mass is 10.1. The lowest BCUT2D eigenvalue weighted by Crippen LogP contribution is -2.51. The van der Waals surface area contributed by atoms with Crippen LogP contribution in [0.5, 0.6) is 0 Å². The summed E-state index contributed by atoms with van der Waals surface area (Å²) in [5.41, 5.74) is 1.39. The summed E-state index contributed by atoms with van der Waals surface area (Å²) >= 11 is 6.08. The minimum atomic E-state index is -0.961. The van der Waals surface area contributed by atoms with Crippen molar-refractivity contribution < 1.29 is 19.4 Å². The molecule has 1 saturated heterocycles. The molecule has 1 heterocycles. The number of aryl methyl sites for hydroxylation is 1. The first-order valence-corrected chi connectivity index (χ1v) is 6.99. The molecule has 1 aromatic carbocycles. The molecule has 1 aromatic rings. The second-order valence-corrected chi connectivity index (χ2v) is 5.29. The van der Waals surface area contributed by atoms with Crippen molar-refractivity contribution in [3.05, 3.63) is 28.8 Å². The zero-order valence-corrected chi connectivity index (χ0v) is 12.4. The van der Waals surface area contributed by atoms with Crippen LogP contribution in [0.1, 0.15) is 12.0 Å². The highest BCUT2D eigenvalue weighted by molar-refractivity contribution is 6.33. The monoisotopic (exact) mass is 312 g/mol. The Kier molecular flexibility index (Phi) is 5.03. The van der Waals surface area contributed by atoms with Gasteiger partial charge in [0, 0.05) is 6.54 Å². The number of para-hydroxylation sites is 1. The van der Waals surface area contributed by atoms with Gasteiger partial charge in [0.1, 0.15) is 0 Å². The number of rotatable bonds is 3. The van der Waals surface area contributed by atoms with Crippen molar-refractivity contribution in [2.75, 3.05) is 25.1 Å². The molecule has 7 heteroatoms. The van der Waals surface area contributed by atoms with Crippen molar-refractivity contribution in [3.63, 3.8) is 0 Å². The number of ether oxygens (including phenoxy) is 1. The third-order valence-electron chi connectivity index (χ3n) is 3.35. The number of carboxylic acids is 1. The molecule has 6 nitrogen and oxygen atoms in total. The number of hydrogen-bond donors (Lipinski definition) is 2. The summed E-state index contributed by atoms with van der Waals surface area (Å²) in [7, 11) is 0. The predicted octanol–water partition coefficient (Wildman–Crippen LogP) is 2.36. The van der Waals surface area contributed by atoms with E-state index in [-0.39, 0.29) is 19.1 Å². The molecule has 21 heavy (non-hydrogen) atoms. The SMILES string of the molecule is Cc1cccc(Cl)c1NC(=O)N1CCOCC1CC(=O)O. The molecule has 2 rings (SSSR count). The molecule has 0 saturated carbocycles. The molecule has 0 aliphatic carbocycles. The summed E-state index contributed by atoms with van der Waals surface area (Å²) in [5.74, 6) is -0.961. The number of morpholine rings is 1. The van der Waals surface area contributed by atoms with Gasteiger partial charge < -0.3 is 20.1 Å². The first-order chi connectivity index (χ1) is 9.99. The van der Waals surface area contributed by atoms with E-state index < -0.39 is 12.0 Å². The molecule has 2 N–H and O–H groups in total. The Morgan fingerprint density at radius 3 is 2.95 bits per heavy atom. The number of carbonyl (C=O) groups excluding carboxylic acids is 1. The lowest BCUT2D eigenvalue weighted by Gasteiger charge is -2.34. The van der Waals surface area contributed by atoms with Gasteiger partial charge in [-0.15, -0.1) is 0 Å². The Labute approximate surface area is 127 Å². The highest BCUT2D eigenvalue weighted by atomic mass is 35.5. The average Bonchev–Trinajstić information content (AvgIpc) is 2.43. The number of hydrogen-bond acceptors (Lipinski definition) is 3. The summed E-state index contributed by atoms with van der Waals surface area (Å²) < 4.78 is 5.25. The fourth-order valence-electron chi connectivity index (χ4n) is 2.26. The molecule has 114 valence electrons. The summed E-state index contributed by atoms with van der Waals surface area (Å²) in [5, 5.41) is 12.1. The van der Waals surface area contributed by atoms with E-state index in [1.54, 1.807) is 12.1 Å². The van der Waals surface area contributed by atoms with E-state index >= 15 is 0 Å². The maximum atomic E-state index is 12.4. The number of nitrogens with one attached hydrogen (secondary N) is 1. The van der Waals surface area contributed by atoms with Gasteiger partial charge in [0.2, 0.25) is 0 Å². The fraction of sp³-hybridized carbons (Fsp3) is 0.429. The van der Waals surface area contributed by atoms with Crippen molar-refractivity contribution in [3.8, 4) is 0 Å². The smallest absolute Gasteiger partial charge is 0.322 e. The Hall–Kier alpha value is -1.79. The molecule has 0 spiro atoms. The van der Waals surface area contributed by atoms with Gasteiger partial charge in [-0.3, -0.25) is 4.79 Å². The van der Waals surface area contributed by atoms with Crippen molar-refractivity contribution in [2.24, 2.45) is 0 Å². The van der Waals surface area contributed by atoms with Crippen molar-refractivity contribution >= 4 is 29.3 Å². The number of amides is 2. The van der Waals surface area contributed by atoms with Gasteiger partial charge in [0.25, 0.3) is 0 Å². The summed E-state index contributed by atoms with van der Waals surface area (Å²) in [4.78, 5) is 24.7. The minimum Gasteiger partial charge on any atom is -0.481 e. The lowest BCUT2D eigenvalue weighted by molar-refractivity contribution is -0.139. The van der Waals surface area contributed by atoms with E-state index in [2.05, 4.69) is 5.32 Å². The molecular weight excluding hydrogens is 296 g/mol. The van der Waals surface area contributed by atoms with Gasteiger partial charge in [-0.2, -0.15) is 0 Å². The summed E-state index contributed by atoms with van der Waals surface area (Å²) in [6.07, 6.45) is -0.144. The van der Waals surface area contributed by atoms with Crippen LogP contribution >= 0.6 is 11.6 Å². The van der Waals surface area contributed by atoms with Gasteiger partial charge in [-0.25, -0.2) is 4.79 Å². The number of benzene rings is 1. The van der Waals surface area contributed by atoms with Gasteiger partial charge in [-0.1, -0.05) is 23.7 Å². The quantitative estimate of drug-likeness (QED) is 0.898. The van der Waals surface area contributed by atoms with Crippen molar-refractivity contribution in [1.29, 1.82) is 0 Å². The van der Waals surface area contributed by atoms with Crippen molar-refractivity contribution in [2.45, 2.75) is 19.4 Å². The Balaban J connectivity index is 2.12. The van der Waals surface area contributed by atoms with E-state index in [0.717, 1.165) is 5.56 Å². The molecule has 1 atom stereocenters. The molecule has 0 aromatic heterocycles. The number of urea groups is 1. The van der Waals surface area contributed by atoms with Crippen molar-refractivity contribution in [1.82, 2.24) is 4.90 Å². The van der Waals surface area contributed by atoms with E-state index in [9.17, 15) is 9.59 Å². The van der Waals surface area contributed by atoms with Gasteiger partial charge in [-0.05, 0) is 18.6 Å². The molecule has 1 aliphatic rings. The number of halogens is 1. The number of carboxylic acid groups (broad SMARTS) is 1. The summed E-state index contributed by atoms with van der Waals surface area (Å²) in [6, 6.07) is 4.50. The molecular formula is C14H17ClN2O4. The van der Waals surface area contributed by atoms with Crippen LogP contribution in [-0.4, -0.2) is 47.8 Å². The average molecular weight is 313 g/mol. The van der Waals surface area contributed by atoms with Crippen LogP contribution in [0.3, 0.4) is 0 Å². The van der Waals surface area contributed by atoms with Crippen LogP contribution < -0.4 is 5.32 Å². The zero-order valence-electron chi connectivity index (χ0n) is 11.6. The topological polar surface area (TPSA) is 78.9 Å². The minimum absolute atomic E-state index is 0.144. The number of anilines is 1. The Morgan fingerprint density at radius 2 is 2.29 bits per heavy atom. The largest absolute Gasteiger partial charge is 0.481 e. The third-order valence-corrected chi connectivity index (χ3v) is 3.67. The molecule has 2 amide bonds. The van der Waals surface area contributed by atoms with Gasteiger partial charge in [0.05, 0.1) is 36.4 Å². The molecule has 1 aliphatic heterocycles. The van der Waals surface area contributed by atoms with Gasteiger partial charge in [0.15, 0.2) is 0 Å². The van der Waals surface area contributed by atoms with E-state index in [0.29, 0.717) is 23.9 Å². The highest BCUT2D eigenvalue weighted by Gasteiger charge is 2.29. The second kappa shape index (κ2) is 6.78. The maximum Gasteiger partial charge on any atom is 0.322 e. The van der Waals surface area contributed by atoms with Crippen LogP contribution in [0, 0.1) is 6.92 Å². The number of carbonyl (C=O) groups is 2. The predicted molar refractivity (Wildman–Crippen MR) is 78.8 cm³/mol. The summed E-state index contributed by atoms with van der Waals surface area (Å²) in [6.45, 7) is 2.81. The van der Waals surface area contributed by atoms with E-state index in [1.807, 2.05) is 13.0 Å². The molecule has 0 radical (unpaired) electrons. The van der Waals surface area contributed by atoms with Crippen LogP contribution in [0.2, 0.25) is 5.02 Å². The normalized spacial score (nSPS) is 18.4. The Bertz CT molecular complexity index is 530. The van der Waals surface area contributed by atoms with Crippen LogP contribution in [-0.2, 0) is 9.53 Å². The van der Waals surface area contributed by atoms with E-state index in [4.69, 9.17) is 21.4 Å².